The summed E-state index contributed by atoms with van der Waals surface area (Å²) in [6.07, 6.45) is 0. The number of hydrogen-bond acceptors (Lipinski definition) is 9. The first-order valence-electron chi connectivity index (χ1n) is 11.7. The minimum Gasteiger partial charge on any atom is -0.507 e. The first kappa shape index (κ1) is 25.5. The second-order valence-corrected chi connectivity index (χ2v) is 10.1. The number of phenolic OH excluding ortho intramolecular Hbond substituents is 1. The van der Waals surface area contributed by atoms with Crippen LogP contribution in [0.4, 0.5) is 17.1 Å². The van der Waals surface area contributed by atoms with Crippen LogP contribution in [0.2, 0.25) is 0 Å². The smallest absolute Gasteiger partial charge is 0.293 e. The molecule has 0 spiro atoms. The first-order valence-corrected chi connectivity index (χ1v) is 13.0. The first-order chi connectivity index (χ1) is 18.3. The van der Waals surface area contributed by atoms with Gasteiger partial charge in [0.25, 0.3) is 11.6 Å². The Balaban J connectivity index is 1.33. The zero-order valence-electron chi connectivity index (χ0n) is 20.3. The molecule has 0 radical (unpaired) electrons. The molecule has 0 bridgehead atoms. The highest BCUT2D eigenvalue weighted by atomic mass is 32.1. The molecule has 1 aliphatic heterocycles. The lowest BCUT2D eigenvalue weighted by Gasteiger charge is -2.28. The molecule has 1 fully saturated rings. The number of fused-ring (bicyclic) bond motifs is 1. The van der Waals surface area contributed by atoms with E-state index < -0.39 is 10.8 Å². The van der Waals surface area contributed by atoms with Crippen LogP contribution in [-0.4, -0.2) is 52.3 Å². The summed E-state index contributed by atoms with van der Waals surface area (Å²) < 4.78 is 6.32. The Morgan fingerprint density at radius 3 is 2.68 bits per heavy atom. The van der Waals surface area contributed by atoms with E-state index in [4.69, 9.17) is 17.0 Å². The lowest BCUT2D eigenvalue weighted by Crippen LogP contribution is -2.37. The fourth-order valence-electron chi connectivity index (χ4n) is 4.22. The minimum atomic E-state index is -0.582. The van der Waals surface area contributed by atoms with E-state index in [-0.39, 0.29) is 22.1 Å². The van der Waals surface area contributed by atoms with Crippen molar-refractivity contribution in [1.82, 2.24) is 10.3 Å². The van der Waals surface area contributed by atoms with Crippen LogP contribution in [0.3, 0.4) is 0 Å². The maximum Gasteiger partial charge on any atom is 0.293 e. The second-order valence-electron chi connectivity index (χ2n) is 8.64. The Bertz CT molecular complexity index is 1530. The number of nitrogens with one attached hydrogen (secondary N) is 2. The topological polar surface area (TPSA) is 130 Å². The average molecular weight is 550 g/mol. The highest BCUT2D eigenvalue weighted by Gasteiger charge is 2.24. The number of carbonyl (C=O) groups excluding carboxylic acids is 1. The van der Waals surface area contributed by atoms with E-state index in [1.807, 2.05) is 29.2 Å². The van der Waals surface area contributed by atoms with Crippen molar-refractivity contribution in [3.8, 4) is 16.3 Å². The molecule has 3 N–H and O–H groups in total. The quantitative estimate of drug-likeness (QED) is 0.138. The molecule has 0 unspecified atom stereocenters. The lowest BCUT2D eigenvalue weighted by molar-refractivity contribution is -0.384. The SMILES string of the molecule is Cc1cc(NC(=S)NC(=O)c2ccc(N3CCOCC3)c([N+](=O)[O-])c2)cc(-c2nc3ccccc3s2)c1O. The number of aromatic hydroxyl groups is 1. The molecule has 1 amide bonds. The van der Waals surface area contributed by atoms with Crippen LogP contribution < -0.4 is 15.5 Å². The molecule has 1 aliphatic rings. The van der Waals surface area contributed by atoms with Crippen LogP contribution in [-0.2, 0) is 4.74 Å². The van der Waals surface area contributed by atoms with Gasteiger partial charge in [0.15, 0.2) is 5.11 Å². The number of hydrogen-bond donors (Lipinski definition) is 3. The molecule has 1 saturated heterocycles. The Kier molecular flexibility index (Phi) is 7.18. The number of thiocarbonyl (C=S) groups is 1. The van der Waals surface area contributed by atoms with Gasteiger partial charge in [-0.1, -0.05) is 12.1 Å². The fourth-order valence-corrected chi connectivity index (χ4v) is 5.42. The lowest BCUT2D eigenvalue weighted by atomic mass is 10.1. The number of thiazole rings is 1. The number of nitro groups is 1. The van der Waals surface area contributed by atoms with Crippen molar-refractivity contribution in [2.45, 2.75) is 6.92 Å². The summed E-state index contributed by atoms with van der Waals surface area (Å²) in [5, 5.41) is 28.6. The molecule has 1 aromatic heterocycles. The van der Waals surface area contributed by atoms with Gasteiger partial charge in [-0.2, -0.15) is 0 Å². The Morgan fingerprint density at radius 2 is 1.95 bits per heavy atom. The van der Waals surface area contributed by atoms with Crippen LogP contribution in [0.15, 0.2) is 54.6 Å². The highest BCUT2D eigenvalue weighted by Crippen LogP contribution is 2.39. The molecule has 3 aromatic carbocycles. The van der Waals surface area contributed by atoms with E-state index in [2.05, 4.69) is 15.6 Å². The number of para-hydroxylation sites is 1. The predicted molar refractivity (Wildman–Crippen MR) is 151 cm³/mol. The van der Waals surface area contributed by atoms with E-state index in [1.54, 1.807) is 25.1 Å². The number of amides is 1. The van der Waals surface area contributed by atoms with Gasteiger partial charge in [0.2, 0.25) is 0 Å². The standard InChI is InChI=1S/C26H23N5O5S2/c1-15-12-17(14-18(23(15)32)25-28-19-4-2-3-5-22(19)38-25)27-26(37)29-24(33)16-6-7-20(21(13-16)31(34)35)30-8-10-36-11-9-30/h2-7,12-14,32H,8-11H2,1H3,(H2,27,29,33,37). The maximum atomic E-state index is 12.9. The molecule has 2 heterocycles. The summed E-state index contributed by atoms with van der Waals surface area (Å²) in [4.78, 5) is 30.6. The van der Waals surface area contributed by atoms with Gasteiger partial charge in [-0.05, 0) is 61.1 Å². The second kappa shape index (κ2) is 10.7. The van der Waals surface area contributed by atoms with Crippen LogP contribution in [0, 0.1) is 17.0 Å². The van der Waals surface area contributed by atoms with Crippen molar-refractivity contribution < 1.29 is 19.6 Å². The number of aromatic nitrogens is 1. The van der Waals surface area contributed by atoms with Crippen molar-refractivity contribution in [1.29, 1.82) is 0 Å². The van der Waals surface area contributed by atoms with E-state index in [9.17, 15) is 20.0 Å². The average Bonchev–Trinajstić information content (AvgIpc) is 3.35. The number of nitro benzene ring substituents is 1. The van der Waals surface area contributed by atoms with Gasteiger partial charge in [0, 0.05) is 30.4 Å². The van der Waals surface area contributed by atoms with Crippen molar-refractivity contribution in [2.75, 3.05) is 36.5 Å². The summed E-state index contributed by atoms with van der Waals surface area (Å²) in [6, 6.07) is 15.5. The fraction of sp³-hybridized carbons (Fsp3) is 0.192. The molecule has 0 saturated carbocycles. The number of carbonyl (C=O) groups is 1. The normalized spacial score (nSPS) is 13.3. The third-order valence-electron chi connectivity index (χ3n) is 6.10. The molecular formula is C26H23N5O5S2. The summed E-state index contributed by atoms with van der Waals surface area (Å²) >= 11 is 6.80. The van der Waals surface area contributed by atoms with Crippen molar-refractivity contribution >= 4 is 61.9 Å². The third kappa shape index (κ3) is 5.28. The number of anilines is 2. The Hall–Kier alpha value is -4.13. The number of aryl methyl sites for hydroxylation is 1. The number of ether oxygens (including phenoxy) is 1. The van der Waals surface area contributed by atoms with Gasteiger partial charge in [0.1, 0.15) is 16.4 Å². The van der Waals surface area contributed by atoms with E-state index in [1.165, 1.54) is 23.5 Å². The van der Waals surface area contributed by atoms with Crippen LogP contribution >= 0.6 is 23.6 Å². The number of nitrogens with zero attached hydrogens (tertiary/aromatic N) is 3. The van der Waals surface area contributed by atoms with Crippen LogP contribution in [0.1, 0.15) is 15.9 Å². The summed E-state index contributed by atoms with van der Waals surface area (Å²) in [6.45, 7) is 3.79. The van der Waals surface area contributed by atoms with E-state index >= 15 is 0 Å². The molecular weight excluding hydrogens is 526 g/mol. The third-order valence-corrected chi connectivity index (χ3v) is 7.37. The molecule has 12 heteroatoms. The number of morpholine rings is 1. The van der Waals surface area contributed by atoms with Gasteiger partial charge < -0.3 is 20.1 Å². The summed E-state index contributed by atoms with van der Waals surface area (Å²) in [7, 11) is 0. The zero-order chi connectivity index (χ0) is 26.8. The molecule has 10 nitrogen and oxygen atoms in total. The van der Waals surface area contributed by atoms with Crippen molar-refractivity contribution in [3.05, 3.63) is 75.8 Å². The maximum absolute atomic E-state index is 12.9. The molecule has 0 aliphatic carbocycles. The summed E-state index contributed by atoms with van der Waals surface area (Å²) in [5.74, 6) is -0.474. The van der Waals surface area contributed by atoms with Gasteiger partial charge in [-0.15, -0.1) is 11.3 Å². The molecule has 194 valence electrons. The largest absolute Gasteiger partial charge is 0.507 e. The van der Waals surface area contributed by atoms with Crippen LogP contribution in [0.5, 0.6) is 5.75 Å². The monoisotopic (exact) mass is 549 g/mol. The predicted octanol–water partition coefficient (Wildman–Crippen LogP) is 4.85. The number of rotatable bonds is 5. The van der Waals surface area contributed by atoms with Gasteiger partial charge in [0.05, 0.1) is 33.9 Å². The highest BCUT2D eigenvalue weighted by molar-refractivity contribution is 7.80. The van der Waals surface area contributed by atoms with Gasteiger partial charge >= 0.3 is 0 Å². The summed E-state index contributed by atoms with van der Waals surface area (Å²) in [5.41, 5.74) is 2.92. The molecule has 0 atom stereocenters. The van der Waals surface area contributed by atoms with E-state index in [0.29, 0.717) is 53.8 Å². The van der Waals surface area contributed by atoms with Gasteiger partial charge in [-0.25, -0.2) is 4.98 Å². The Labute approximate surface area is 227 Å². The molecule has 5 rings (SSSR count). The molecule has 38 heavy (non-hydrogen) atoms. The Morgan fingerprint density at radius 1 is 1.18 bits per heavy atom. The zero-order valence-corrected chi connectivity index (χ0v) is 21.9. The number of benzene rings is 3. The van der Waals surface area contributed by atoms with E-state index in [0.717, 1.165) is 10.2 Å². The van der Waals surface area contributed by atoms with Crippen LogP contribution in [0.25, 0.3) is 20.8 Å². The van der Waals surface area contributed by atoms with Gasteiger partial charge in [-0.3, -0.25) is 20.2 Å². The molecule has 4 aromatic rings. The van der Waals surface area contributed by atoms with Crippen molar-refractivity contribution in [3.63, 3.8) is 0 Å². The minimum absolute atomic E-state index is 0.00949. The number of phenols is 1. The van der Waals surface area contributed by atoms with Crippen molar-refractivity contribution in [2.24, 2.45) is 0 Å².